The summed E-state index contributed by atoms with van der Waals surface area (Å²) < 4.78 is 14.1. The molecule has 6 nitrogen and oxygen atoms in total. The van der Waals surface area contributed by atoms with E-state index in [0.29, 0.717) is 24.5 Å². The zero-order chi connectivity index (χ0) is 16.9. The molecule has 0 radical (unpaired) electrons. The first-order valence-corrected chi connectivity index (χ1v) is 8.14. The first-order valence-electron chi connectivity index (χ1n) is 7.37. The molecule has 0 saturated carbocycles. The molecule has 1 N–H and O–H groups in total. The summed E-state index contributed by atoms with van der Waals surface area (Å²) in [6.45, 7) is 0.985. The SMILES string of the molecule is COCc1nsc(NCc2cccc3c(C(=O)OC)cccc23)n1. The van der Waals surface area contributed by atoms with Crippen molar-refractivity contribution < 1.29 is 14.3 Å². The van der Waals surface area contributed by atoms with Crippen molar-refractivity contribution in [2.45, 2.75) is 13.2 Å². The second-order valence-corrected chi connectivity index (χ2v) is 5.86. The van der Waals surface area contributed by atoms with Crippen LogP contribution in [-0.4, -0.2) is 29.5 Å². The van der Waals surface area contributed by atoms with Crippen LogP contribution < -0.4 is 5.32 Å². The number of benzene rings is 2. The lowest BCUT2D eigenvalue weighted by Gasteiger charge is -2.10. The summed E-state index contributed by atoms with van der Waals surface area (Å²) in [7, 11) is 3.00. The molecule has 2 aromatic carbocycles. The van der Waals surface area contributed by atoms with E-state index in [1.165, 1.54) is 18.6 Å². The van der Waals surface area contributed by atoms with E-state index in [0.717, 1.165) is 21.5 Å². The molecule has 0 saturated heterocycles. The molecule has 0 bridgehead atoms. The molecule has 0 unspecified atom stereocenters. The highest BCUT2D eigenvalue weighted by Crippen LogP contribution is 2.24. The number of anilines is 1. The van der Waals surface area contributed by atoms with Crippen molar-refractivity contribution in [3.05, 3.63) is 53.3 Å². The van der Waals surface area contributed by atoms with Crippen molar-refractivity contribution in [3.8, 4) is 0 Å². The molecule has 0 atom stereocenters. The maximum atomic E-state index is 11.9. The van der Waals surface area contributed by atoms with Gasteiger partial charge in [-0.2, -0.15) is 4.37 Å². The van der Waals surface area contributed by atoms with E-state index in [2.05, 4.69) is 14.7 Å². The van der Waals surface area contributed by atoms with E-state index in [-0.39, 0.29) is 5.97 Å². The van der Waals surface area contributed by atoms with Gasteiger partial charge in [0, 0.05) is 25.2 Å². The lowest BCUT2D eigenvalue weighted by atomic mass is 10.00. The Kier molecular flexibility index (Phi) is 5.02. The van der Waals surface area contributed by atoms with Gasteiger partial charge in [0.25, 0.3) is 0 Å². The number of carbonyl (C=O) groups is 1. The molecule has 3 rings (SSSR count). The highest BCUT2D eigenvalue weighted by molar-refractivity contribution is 7.09. The van der Waals surface area contributed by atoms with Gasteiger partial charge in [0.1, 0.15) is 6.61 Å². The lowest BCUT2D eigenvalue weighted by molar-refractivity contribution is 0.0603. The van der Waals surface area contributed by atoms with Crippen LogP contribution in [0.4, 0.5) is 5.13 Å². The summed E-state index contributed by atoms with van der Waals surface area (Å²) in [5, 5.41) is 5.89. The van der Waals surface area contributed by atoms with Gasteiger partial charge >= 0.3 is 5.97 Å². The van der Waals surface area contributed by atoms with E-state index >= 15 is 0 Å². The van der Waals surface area contributed by atoms with Gasteiger partial charge in [0.05, 0.1) is 12.7 Å². The number of rotatable bonds is 6. The lowest BCUT2D eigenvalue weighted by Crippen LogP contribution is -2.04. The van der Waals surface area contributed by atoms with Crippen LogP contribution >= 0.6 is 11.5 Å². The molecule has 24 heavy (non-hydrogen) atoms. The van der Waals surface area contributed by atoms with Crippen LogP contribution in [0.15, 0.2) is 36.4 Å². The van der Waals surface area contributed by atoms with E-state index in [1.807, 2.05) is 30.3 Å². The number of carbonyl (C=O) groups excluding carboxylic acids is 1. The number of hydrogen-bond donors (Lipinski definition) is 1. The number of ether oxygens (including phenoxy) is 2. The summed E-state index contributed by atoms with van der Waals surface area (Å²) in [5.41, 5.74) is 1.64. The summed E-state index contributed by atoms with van der Waals surface area (Å²) in [6, 6.07) is 11.5. The van der Waals surface area contributed by atoms with Gasteiger partial charge in [0.15, 0.2) is 5.82 Å². The maximum Gasteiger partial charge on any atom is 0.338 e. The van der Waals surface area contributed by atoms with E-state index in [1.54, 1.807) is 13.2 Å². The summed E-state index contributed by atoms with van der Waals surface area (Å²) >= 11 is 1.30. The van der Waals surface area contributed by atoms with Gasteiger partial charge in [-0.1, -0.05) is 30.3 Å². The zero-order valence-corrected chi connectivity index (χ0v) is 14.2. The molecule has 0 aliphatic rings. The average Bonchev–Trinajstić information content (AvgIpc) is 3.06. The molecular formula is C17H17N3O3S. The number of methoxy groups -OCH3 is 2. The van der Waals surface area contributed by atoms with Crippen LogP contribution in [0.2, 0.25) is 0 Å². The standard InChI is InChI=1S/C17H17N3O3S/c1-22-10-15-19-17(24-20-15)18-9-11-5-3-7-13-12(11)6-4-8-14(13)16(21)23-2/h3-8H,9-10H2,1-2H3,(H,18,19,20). The van der Waals surface area contributed by atoms with Crippen LogP contribution in [0.3, 0.4) is 0 Å². The molecule has 124 valence electrons. The number of nitrogens with zero attached hydrogens (tertiary/aromatic N) is 2. The Labute approximate surface area is 143 Å². The van der Waals surface area contributed by atoms with Crippen LogP contribution in [-0.2, 0) is 22.6 Å². The van der Waals surface area contributed by atoms with Crippen LogP contribution in [0.5, 0.6) is 0 Å². The number of esters is 1. The van der Waals surface area contributed by atoms with Crippen LogP contribution in [0, 0.1) is 0 Å². The first kappa shape index (κ1) is 16.4. The van der Waals surface area contributed by atoms with Crippen molar-refractivity contribution in [2.24, 2.45) is 0 Å². The Morgan fingerprint density at radius 3 is 2.75 bits per heavy atom. The van der Waals surface area contributed by atoms with Crippen molar-refractivity contribution >= 4 is 33.4 Å². The van der Waals surface area contributed by atoms with Crippen molar-refractivity contribution in [2.75, 3.05) is 19.5 Å². The quantitative estimate of drug-likeness (QED) is 0.693. The van der Waals surface area contributed by atoms with Crippen molar-refractivity contribution in [3.63, 3.8) is 0 Å². The minimum atomic E-state index is -0.334. The smallest absolute Gasteiger partial charge is 0.338 e. The fourth-order valence-corrected chi connectivity index (χ4v) is 3.07. The second-order valence-electron chi connectivity index (χ2n) is 5.11. The van der Waals surface area contributed by atoms with Gasteiger partial charge in [-0.3, -0.25) is 0 Å². The summed E-state index contributed by atoms with van der Waals surface area (Å²) in [6.07, 6.45) is 0. The summed E-state index contributed by atoms with van der Waals surface area (Å²) in [4.78, 5) is 16.3. The van der Waals surface area contributed by atoms with Gasteiger partial charge in [-0.25, -0.2) is 9.78 Å². The van der Waals surface area contributed by atoms with E-state index in [9.17, 15) is 4.79 Å². The van der Waals surface area contributed by atoms with Crippen molar-refractivity contribution in [1.82, 2.24) is 9.36 Å². The number of hydrogen-bond acceptors (Lipinski definition) is 7. The average molecular weight is 343 g/mol. The molecule has 0 fully saturated rings. The largest absolute Gasteiger partial charge is 0.465 e. The number of nitrogens with one attached hydrogen (secondary N) is 1. The Bertz CT molecular complexity index is 863. The predicted molar refractivity (Wildman–Crippen MR) is 93.2 cm³/mol. The maximum absolute atomic E-state index is 11.9. The predicted octanol–water partition coefficient (Wildman–Crippen LogP) is 3.24. The molecule has 7 heteroatoms. The van der Waals surface area contributed by atoms with Gasteiger partial charge < -0.3 is 14.8 Å². The number of aromatic nitrogens is 2. The Morgan fingerprint density at radius 2 is 1.96 bits per heavy atom. The zero-order valence-electron chi connectivity index (χ0n) is 13.4. The van der Waals surface area contributed by atoms with Gasteiger partial charge in [-0.05, 0) is 22.4 Å². The fourth-order valence-electron chi connectivity index (χ4n) is 2.50. The highest BCUT2D eigenvalue weighted by atomic mass is 32.1. The monoisotopic (exact) mass is 343 g/mol. The molecule has 1 heterocycles. The summed E-state index contributed by atoms with van der Waals surface area (Å²) in [5.74, 6) is 0.329. The van der Waals surface area contributed by atoms with E-state index < -0.39 is 0 Å². The van der Waals surface area contributed by atoms with Gasteiger partial charge in [0.2, 0.25) is 5.13 Å². The Balaban J connectivity index is 1.85. The molecule has 0 aliphatic heterocycles. The topological polar surface area (TPSA) is 73.3 Å². The minimum absolute atomic E-state index is 0.334. The molecule has 0 spiro atoms. The minimum Gasteiger partial charge on any atom is -0.465 e. The molecule has 0 aliphatic carbocycles. The number of fused-ring (bicyclic) bond motifs is 1. The van der Waals surface area contributed by atoms with Crippen LogP contribution in [0.1, 0.15) is 21.7 Å². The third kappa shape index (κ3) is 3.37. The first-order chi connectivity index (χ1) is 11.7. The molecular weight excluding hydrogens is 326 g/mol. The molecule has 1 aromatic heterocycles. The Hall–Kier alpha value is -2.51. The normalized spacial score (nSPS) is 10.8. The molecule has 0 amide bonds. The Morgan fingerprint density at radius 1 is 1.17 bits per heavy atom. The molecule has 3 aromatic rings. The third-order valence-corrected chi connectivity index (χ3v) is 4.30. The van der Waals surface area contributed by atoms with E-state index in [4.69, 9.17) is 9.47 Å². The fraction of sp³-hybridized carbons (Fsp3) is 0.235. The van der Waals surface area contributed by atoms with Crippen LogP contribution in [0.25, 0.3) is 10.8 Å². The third-order valence-electron chi connectivity index (χ3n) is 3.59. The van der Waals surface area contributed by atoms with Gasteiger partial charge in [-0.15, -0.1) is 0 Å². The van der Waals surface area contributed by atoms with Crippen molar-refractivity contribution in [1.29, 1.82) is 0 Å². The highest BCUT2D eigenvalue weighted by Gasteiger charge is 2.12. The second kappa shape index (κ2) is 7.37.